The van der Waals surface area contributed by atoms with Gasteiger partial charge < -0.3 is 9.64 Å². The van der Waals surface area contributed by atoms with Gasteiger partial charge in [0, 0.05) is 24.7 Å². The largest absolute Gasteiger partial charge is 0.485 e. The highest BCUT2D eigenvalue weighted by Crippen LogP contribution is 2.45. The third-order valence-corrected chi connectivity index (χ3v) is 5.50. The van der Waals surface area contributed by atoms with Gasteiger partial charge in [-0.2, -0.15) is 0 Å². The lowest BCUT2D eigenvalue weighted by Gasteiger charge is -2.43. The Labute approximate surface area is 144 Å². The van der Waals surface area contributed by atoms with E-state index >= 15 is 0 Å². The minimum Gasteiger partial charge on any atom is -0.485 e. The highest BCUT2D eigenvalue weighted by Gasteiger charge is 2.40. The lowest BCUT2D eigenvalue weighted by molar-refractivity contribution is -0.105. The fourth-order valence-corrected chi connectivity index (χ4v) is 4.46. The number of carbonyl (C=O) groups excluding carboxylic acids is 1. The molecule has 1 aliphatic carbocycles. The van der Waals surface area contributed by atoms with E-state index in [1.807, 2.05) is 12.2 Å². The summed E-state index contributed by atoms with van der Waals surface area (Å²) >= 11 is 0. The molecule has 2 unspecified atom stereocenters. The second-order valence-corrected chi connectivity index (χ2v) is 7.11. The quantitative estimate of drug-likeness (QED) is 0.434. The minimum absolute atomic E-state index is 0.142. The Morgan fingerprint density at radius 3 is 2.92 bits per heavy atom. The summed E-state index contributed by atoms with van der Waals surface area (Å²) in [5, 5.41) is 0. The van der Waals surface area contributed by atoms with Crippen molar-refractivity contribution in [2.45, 2.75) is 44.6 Å². The van der Waals surface area contributed by atoms with Crippen LogP contribution in [-0.2, 0) is 9.53 Å². The number of hydrogen-bond donors (Lipinski definition) is 0. The van der Waals surface area contributed by atoms with Crippen molar-refractivity contribution in [1.29, 1.82) is 0 Å². The number of fused-ring (bicyclic) bond motifs is 2. The van der Waals surface area contributed by atoms with Crippen LogP contribution < -0.4 is 0 Å². The second-order valence-electron chi connectivity index (χ2n) is 7.11. The number of ether oxygens (including phenoxy) is 1. The van der Waals surface area contributed by atoms with Crippen LogP contribution in [0.3, 0.4) is 0 Å². The van der Waals surface area contributed by atoms with Crippen molar-refractivity contribution in [3.63, 3.8) is 0 Å². The molecule has 0 saturated carbocycles. The van der Waals surface area contributed by atoms with Crippen LogP contribution in [0.2, 0.25) is 0 Å². The number of aldehydes is 1. The summed E-state index contributed by atoms with van der Waals surface area (Å²) in [5.74, 6) is 1.19. The first-order valence-electron chi connectivity index (χ1n) is 9.14. The first-order chi connectivity index (χ1) is 11.8. The van der Waals surface area contributed by atoms with Gasteiger partial charge in [-0.25, -0.2) is 0 Å². The molecule has 0 spiro atoms. The zero-order valence-electron chi connectivity index (χ0n) is 14.2. The van der Waals surface area contributed by atoms with Gasteiger partial charge in [-0.3, -0.25) is 4.79 Å². The smallest absolute Gasteiger partial charge is 0.146 e. The first kappa shape index (κ1) is 15.5. The molecular formula is C21H25NO2. The Hall–Kier alpha value is -2.03. The molecule has 126 valence electrons. The van der Waals surface area contributed by atoms with Crippen LogP contribution in [-0.4, -0.2) is 30.4 Å². The molecule has 3 heterocycles. The summed E-state index contributed by atoms with van der Waals surface area (Å²) < 4.78 is 6.28. The van der Waals surface area contributed by atoms with Gasteiger partial charge in [0.1, 0.15) is 18.1 Å². The molecule has 1 saturated heterocycles. The molecule has 3 heteroatoms. The predicted molar refractivity (Wildman–Crippen MR) is 95.2 cm³/mol. The maximum absolute atomic E-state index is 11.3. The molecule has 0 aromatic carbocycles. The van der Waals surface area contributed by atoms with E-state index in [-0.39, 0.29) is 6.10 Å². The SMILES string of the molecule is C=CCC/C(C=O)=C/C1=CC2C=C3CCCN4CCCC(=C34)C2O1. The van der Waals surface area contributed by atoms with Gasteiger partial charge in [0.15, 0.2) is 0 Å². The van der Waals surface area contributed by atoms with Gasteiger partial charge in [-0.1, -0.05) is 12.2 Å². The number of allylic oxidation sites excluding steroid dienone is 4. The van der Waals surface area contributed by atoms with Crippen LogP contribution >= 0.6 is 0 Å². The second kappa shape index (κ2) is 6.46. The molecule has 0 amide bonds. The number of nitrogens with zero attached hydrogens (tertiary/aromatic N) is 1. The molecule has 24 heavy (non-hydrogen) atoms. The molecule has 3 nitrogen and oxygen atoms in total. The minimum atomic E-state index is 0.142. The van der Waals surface area contributed by atoms with Gasteiger partial charge in [0.25, 0.3) is 0 Å². The summed E-state index contributed by atoms with van der Waals surface area (Å²) in [6, 6.07) is 0. The highest BCUT2D eigenvalue weighted by atomic mass is 16.5. The van der Waals surface area contributed by atoms with E-state index in [0.29, 0.717) is 5.92 Å². The molecule has 0 radical (unpaired) electrons. The Balaban J connectivity index is 1.61. The molecule has 4 rings (SSSR count). The standard InChI is InChI=1S/C21H25NO2/c1-2-3-6-15(14-23)11-18-13-17-12-16-7-4-9-22-10-5-8-19(20(16)22)21(17)24-18/h2,11-14,17,21H,1,3-10H2/b15-11-. The Kier molecular flexibility index (Phi) is 4.17. The number of hydrogen-bond acceptors (Lipinski definition) is 3. The summed E-state index contributed by atoms with van der Waals surface area (Å²) in [6.45, 7) is 6.10. The van der Waals surface area contributed by atoms with Crippen molar-refractivity contribution in [3.8, 4) is 0 Å². The lowest BCUT2D eigenvalue weighted by atomic mass is 9.79. The van der Waals surface area contributed by atoms with E-state index < -0.39 is 0 Å². The van der Waals surface area contributed by atoms with Crippen molar-refractivity contribution >= 4 is 6.29 Å². The van der Waals surface area contributed by atoms with Crippen LogP contribution in [0.5, 0.6) is 0 Å². The van der Waals surface area contributed by atoms with Crippen LogP contribution in [0.15, 0.2) is 59.1 Å². The van der Waals surface area contributed by atoms with Crippen molar-refractivity contribution in [2.75, 3.05) is 13.1 Å². The zero-order valence-corrected chi connectivity index (χ0v) is 14.2. The highest BCUT2D eigenvalue weighted by molar-refractivity contribution is 5.74. The van der Waals surface area contributed by atoms with Crippen molar-refractivity contribution < 1.29 is 9.53 Å². The maximum Gasteiger partial charge on any atom is 0.146 e. The average molecular weight is 323 g/mol. The molecule has 3 aliphatic heterocycles. The Morgan fingerprint density at radius 2 is 2.12 bits per heavy atom. The maximum atomic E-state index is 11.3. The van der Waals surface area contributed by atoms with Gasteiger partial charge in [0.2, 0.25) is 0 Å². The topological polar surface area (TPSA) is 29.5 Å². The lowest BCUT2D eigenvalue weighted by Crippen LogP contribution is -2.39. The monoisotopic (exact) mass is 323 g/mol. The molecular weight excluding hydrogens is 298 g/mol. The van der Waals surface area contributed by atoms with E-state index in [1.165, 1.54) is 49.2 Å². The third kappa shape index (κ3) is 2.66. The van der Waals surface area contributed by atoms with Crippen molar-refractivity contribution in [2.24, 2.45) is 5.92 Å². The zero-order chi connectivity index (χ0) is 16.5. The van der Waals surface area contributed by atoms with Crippen molar-refractivity contribution in [1.82, 2.24) is 4.90 Å². The summed E-state index contributed by atoms with van der Waals surface area (Å²) in [4.78, 5) is 13.8. The van der Waals surface area contributed by atoms with Gasteiger partial charge in [0.05, 0.1) is 0 Å². The fourth-order valence-electron chi connectivity index (χ4n) is 4.46. The number of rotatable bonds is 5. The number of piperidine rings is 1. The summed E-state index contributed by atoms with van der Waals surface area (Å²) in [5.41, 5.74) is 5.27. The van der Waals surface area contributed by atoms with Gasteiger partial charge in [-0.15, -0.1) is 6.58 Å². The van der Waals surface area contributed by atoms with E-state index in [1.54, 1.807) is 0 Å². The molecule has 0 aromatic rings. The molecule has 4 aliphatic rings. The van der Waals surface area contributed by atoms with Crippen LogP contribution in [0.1, 0.15) is 38.5 Å². The van der Waals surface area contributed by atoms with Crippen LogP contribution in [0.4, 0.5) is 0 Å². The average Bonchev–Trinajstić information content (AvgIpc) is 3.01. The van der Waals surface area contributed by atoms with Crippen LogP contribution in [0, 0.1) is 5.92 Å². The molecule has 1 fully saturated rings. The van der Waals surface area contributed by atoms with Crippen molar-refractivity contribution in [3.05, 3.63) is 59.1 Å². The van der Waals surface area contributed by atoms with E-state index in [9.17, 15) is 4.79 Å². The normalized spacial score (nSPS) is 28.5. The molecule has 2 atom stereocenters. The predicted octanol–water partition coefficient (Wildman–Crippen LogP) is 4.06. The summed E-state index contributed by atoms with van der Waals surface area (Å²) in [6.07, 6.45) is 15.8. The Morgan fingerprint density at radius 1 is 1.29 bits per heavy atom. The number of carbonyl (C=O) groups is 1. The fraction of sp³-hybridized carbons (Fsp3) is 0.476. The first-order valence-corrected chi connectivity index (χ1v) is 9.14. The van der Waals surface area contributed by atoms with Gasteiger partial charge in [-0.05, 0) is 67.4 Å². The van der Waals surface area contributed by atoms with E-state index in [0.717, 1.165) is 36.9 Å². The third-order valence-electron chi connectivity index (χ3n) is 5.50. The molecule has 0 aromatic heterocycles. The van der Waals surface area contributed by atoms with Crippen LogP contribution in [0.25, 0.3) is 0 Å². The molecule has 0 bridgehead atoms. The Bertz CT molecular complexity index is 680. The van der Waals surface area contributed by atoms with E-state index in [2.05, 4.69) is 23.6 Å². The molecule has 0 N–H and O–H groups in total. The van der Waals surface area contributed by atoms with E-state index in [4.69, 9.17) is 4.74 Å². The summed E-state index contributed by atoms with van der Waals surface area (Å²) in [7, 11) is 0. The van der Waals surface area contributed by atoms with Gasteiger partial charge >= 0.3 is 0 Å².